The molecule has 2 aromatic rings. The Kier molecular flexibility index (Phi) is 9.95. The zero-order valence-electron chi connectivity index (χ0n) is 20.6. The molecule has 13 heteroatoms. The number of nitrogens with one attached hydrogen (secondary N) is 1. The molecule has 2 aromatic carbocycles. The highest BCUT2D eigenvalue weighted by Crippen LogP contribution is 2.37. The molecule has 2 atom stereocenters. The molecule has 2 amide bonds. The van der Waals surface area contributed by atoms with Gasteiger partial charge in [0.1, 0.15) is 18.4 Å². The molecule has 0 aliphatic heterocycles. The van der Waals surface area contributed by atoms with Gasteiger partial charge in [-0.1, -0.05) is 36.7 Å². The average Bonchev–Trinajstić information content (AvgIpc) is 2.80. The van der Waals surface area contributed by atoms with Crippen molar-refractivity contribution in [2.24, 2.45) is 0 Å². The van der Waals surface area contributed by atoms with Crippen LogP contribution in [0.2, 0.25) is 5.02 Å². The molecule has 0 bridgehead atoms. The van der Waals surface area contributed by atoms with E-state index in [4.69, 9.17) is 11.6 Å². The van der Waals surface area contributed by atoms with Gasteiger partial charge in [0.05, 0.1) is 22.5 Å². The first-order valence-corrected chi connectivity index (χ1v) is 13.5. The average molecular weight is 566 g/mol. The molecular weight excluding hydrogens is 538 g/mol. The predicted molar refractivity (Wildman–Crippen MR) is 133 cm³/mol. The van der Waals surface area contributed by atoms with Crippen LogP contribution in [0.5, 0.6) is 0 Å². The van der Waals surface area contributed by atoms with E-state index in [2.05, 4.69) is 5.32 Å². The number of alkyl halides is 3. The third-order valence-corrected chi connectivity index (χ3v) is 7.16. The number of sulfonamides is 1. The minimum absolute atomic E-state index is 0.0656. The van der Waals surface area contributed by atoms with Crippen LogP contribution in [0.1, 0.15) is 38.3 Å². The fraction of sp³-hybridized carbons (Fsp3) is 0.417. The number of benzene rings is 2. The van der Waals surface area contributed by atoms with E-state index in [1.165, 1.54) is 25.1 Å². The van der Waals surface area contributed by atoms with Crippen LogP contribution in [-0.4, -0.2) is 50.0 Å². The van der Waals surface area contributed by atoms with Crippen LogP contribution in [0.3, 0.4) is 0 Å². The lowest BCUT2D eigenvalue weighted by atomic mass is 10.1. The smallest absolute Gasteiger partial charge is 0.352 e. The number of nitrogens with zero attached hydrogens (tertiary/aromatic N) is 2. The molecule has 37 heavy (non-hydrogen) atoms. The fourth-order valence-electron chi connectivity index (χ4n) is 3.36. The zero-order chi connectivity index (χ0) is 28.1. The molecule has 0 radical (unpaired) electrons. The van der Waals surface area contributed by atoms with Crippen LogP contribution >= 0.6 is 11.6 Å². The van der Waals surface area contributed by atoms with E-state index in [1.807, 2.05) is 6.92 Å². The van der Waals surface area contributed by atoms with Crippen LogP contribution in [0, 0.1) is 5.82 Å². The number of carbonyl (C=O) groups is 2. The first kappa shape index (κ1) is 30.4. The Balaban J connectivity index is 2.49. The highest BCUT2D eigenvalue weighted by Gasteiger charge is 2.35. The van der Waals surface area contributed by atoms with Gasteiger partial charge in [0.15, 0.2) is 0 Å². The molecule has 7 nitrogen and oxygen atoms in total. The summed E-state index contributed by atoms with van der Waals surface area (Å²) >= 11 is 5.65. The van der Waals surface area contributed by atoms with Crippen molar-refractivity contribution in [3.05, 3.63) is 64.4 Å². The summed E-state index contributed by atoms with van der Waals surface area (Å²) in [6, 6.07) is 6.58. The van der Waals surface area contributed by atoms with E-state index in [0.29, 0.717) is 16.8 Å². The van der Waals surface area contributed by atoms with Gasteiger partial charge in [0, 0.05) is 18.2 Å². The molecule has 0 aromatic heterocycles. The van der Waals surface area contributed by atoms with Gasteiger partial charge in [-0.25, -0.2) is 12.8 Å². The van der Waals surface area contributed by atoms with Gasteiger partial charge in [-0.05, 0) is 44.5 Å². The molecule has 2 rings (SSSR count). The fourth-order valence-corrected chi connectivity index (χ4v) is 4.42. The van der Waals surface area contributed by atoms with Crippen LogP contribution in [-0.2, 0) is 32.3 Å². The van der Waals surface area contributed by atoms with Gasteiger partial charge >= 0.3 is 6.18 Å². The van der Waals surface area contributed by atoms with Crippen molar-refractivity contribution >= 4 is 39.1 Å². The summed E-state index contributed by atoms with van der Waals surface area (Å²) in [5.74, 6) is -2.14. The third-order valence-electron chi connectivity index (χ3n) is 5.69. The summed E-state index contributed by atoms with van der Waals surface area (Å²) in [7, 11) is -4.27. The van der Waals surface area contributed by atoms with Gasteiger partial charge in [0.25, 0.3) is 0 Å². The first-order valence-electron chi connectivity index (χ1n) is 11.2. The number of amides is 2. The van der Waals surface area contributed by atoms with E-state index in [1.54, 1.807) is 6.92 Å². The molecule has 0 saturated heterocycles. The van der Waals surface area contributed by atoms with E-state index in [0.717, 1.165) is 29.4 Å². The molecule has 0 unspecified atom stereocenters. The molecule has 1 N–H and O–H groups in total. The van der Waals surface area contributed by atoms with Gasteiger partial charge in [-0.3, -0.25) is 13.9 Å². The van der Waals surface area contributed by atoms with E-state index in [9.17, 15) is 35.6 Å². The molecule has 0 aliphatic rings. The number of anilines is 1. The number of carbonyl (C=O) groups excluding carboxylic acids is 2. The highest BCUT2D eigenvalue weighted by atomic mass is 35.5. The lowest BCUT2D eigenvalue weighted by Gasteiger charge is -2.32. The van der Waals surface area contributed by atoms with Crippen molar-refractivity contribution in [2.75, 3.05) is 17.1 Å². The second-order valence-corrected chi connectivity index (χ2v) is 10.9. The number of hydrogen-bond donors (Lipinski definition) is 1. The number of rotatable bonds is 10. The van der Waals surface area contributed by atoms with Crippen LogP contribution in [0.4, 0.5) is 23.2 Å². The molecular formula is C24H28ClF4N3O4S. The molecule has 0 saturated carbocycles. The van der Waals surface area contributed by atoms with Crippen molar-refractivity contribution < 1.29 is 35.6 Å². The van der Waals surface area contributed by atoms with Crippen molar-refractivity contribution in [1.29, 1.82) is 0 Å². The Morgan fingerprint density at radius 3 is 2.27 bits per heavy atom. The summed E-state index contributed by atoms with van der Waals surface area (Å²) in [4.78, 5) is 27.2. The maximum Gasteiger partial charge on any atom is 0.417 e. The predicted octanol–water partition coefficient (Wildman–Crippen LogP) is 4.60. The summed E-state index contributed by atoms with van der Waals surface area (Å²) in [5.41, 5.74) is -1.66. The number of hydrogen-bond acceptors (Lipinski definition) is 4. The van der Waals surface area contributed by atoms with Gasteiger partial charge in [-0.15, -0.1) is 0 Å². The second-order valence-electron chi connectivity index (χ2n) is 8.54. The van der Waals surface area contributed by atoms with Gasteiger partial charge < -0.3 is 10.2 Å². The largest absolute Gasteiger partial charge is 0.417 e. The minimum atomic E-state index is -4.88. The molecule has 0 aliphatic carbocycles. The standard InChI is InChI=1S/C24H28ClF4N3O4S/c1-5-15(2)30-23(34)16(3)31(13-17-8-6-7-9-21(17)26)22(33)14-32(37(4,35)36)18-10-11-20(25)19(12-18)24(27,28)29/h6-12,15-16H,5,13-14H2,1-4H3,(H,30,34)/t15-,16-/m1/s1. The molecule has 0 fully saturated rings. The Morgan fingerprint density at radius 2 is 1.73 bits per heavy atom. The Bertz CT molecular complexity index is 1240. The Morgan fingerprint density at radius 1 is 1.11 bits per heavy atom. The second kappa shape index (κ2) is 12.1. The number of halogens is 5. The van der Waals surface area contributed by atoms with Crippen LogP contribution in [0.15, 0.2) is 42.5 Å². The van der Waals surface area contributed by atoms with E-state index >= 15 is 0 Å². The summed E-state index contributed by atoms with van der Waals surface area (Å²) < 4.78 is 80.1. The lowest BCUT2D eigenvalue weighted by molar-refractivity contribution is -0.139. The first-order chi connectivity index (χ1) is 17.1. The van der Waals surface area contributed by atoms with Gasteiger partial charge in [-0.2, -0.15) is 13.2 Å². The summed E-state index contributed by atoms with van der Waals surface area (Å²) in [6.07, 6.45) is -3.55. The van der Waals surface area contributed by atoms with Crippen molar-refractivity contribution in [3.8, 4) is 0 Å². The Hall–Kier alpha value is -2.86. The summed E-state index contributed by atoms with van der Waals surface area (Å²) in [5, 5.41) is 2.07. The SMILES string of the molecule is CC[C@@H](C)NC(=O)[C@@H](C)N(Cc1ccccc1F)C(=O)CN(c1ccc(Cl)c(C(F)(F)F)c1)S(C)(=O)=O. The normalized spacial score (nSPS) is 13.5. The van der Waals surface area contributed by atoms with Crippen LogP contribution in [0.25, 0.3) is 0 Å². The van der Waals surface area contributed by atoms with Crippen molar-refractivity contribution in [3.63, 3.8) is 0 Å². The van der Waals surface area contributed by atoms with Crippen molar-refractivity contribution in [1.82, 2.24) is 10.2 Å². The zero-order valence-corrected chi connectivity index (χ0v) is 22.2. The van der Waals surface area contributed by atoms with Gasteiger partial charge in [0.2, 0.25) is 21.8 Å². The maximum atomic E-state index is 14.4. The van der Waals surface area contributed by atoms with Crippen molar-refractivity contribution in [2.45, 2.75) is 52.0 Å². The van der Waals surface area contributed by atoms with E-state index < -0.39 is 62.7 Å². The van der Waals surface area contributed by atoms with Crippen LogP contribution < -0.4 is 9.62 Å². The quantitative estimate of drug-likeness (QED) is 0.427. The minimum Gasteiger partial charge on any atom is -0.352 e. The molecule has 0 spiro atoms. The Labute approximate surface area is 218 Å². The molecule has 0 heterocycles. The third kappa shape index (κ3) is 8.06. The lowest BCUT2D eigenvalue weighted by Crippen LogP contribution is -2.52. The maximum absolute atomic E-state index is 14.4. The highest BCUT2D eigenvalue weighted by molar-refractivity contribution is 7.92. The summed E-state index contributed by atoms with van der Waals surface area (Å²) in [6.45, 7) is 3.66. The molecule has 204 valence electrons. The monoisotopic (exact) mass is 565 g/mol. The topological polar surface area (TPSA) is 86.8 Å². The van der Waals surface area contributed by atoms with E-state index in [-0.39, 0.29) is 18.2 Å².